The third-order valence-corrected chi connectivity index (χ3v) is 3.53. The molecule has 0 aromatic heterocycles. The summed E-state index contributed by atoms with van der Waals surface area (Å²) in [6.45, 7) is 2.29. The lowest BCUT2D eigenvalue weighted by Gasteiger charge is -2.10. The van der Waals surface area contributed by atoms with Crippen molar-refractivity contribution in [2.75, 3.05) is 24.0 Å². The molecule has 0 saturated heterocycles. The summed E-state index contributed by atoms with van der Waals surface area (Å²) in [6.07, 6.45) is 0. The van der Waals surface area contributed by atoms with Gasteiger partial charge in [0, 0.05) is 22.5 Å². The minimum absolute atomic E-state index is 0.144. The Morgan fingerprint density at radius 2 is 2.00 bits per heavy atom. The van der Waals surface area contributed by atoms with Gasteiger partial charge in [-0.25, -0.2) is 0 Å². The number of carbonyl (C=O) groups excluding carboxylic acids is 1. The monoisotopic (exact) mass is 318 g/mol. The number of benzene rings is 2. The number of hydrogen-bond donors (Lipinski definition) is 2. The average molecular weight is 319 g/mol. The fourth-order valence-electron chi connectivity index (χ4n) is 2.11. The molecule has 1 heterocycles. The minimum atomic E-state index is -0.150. The molecule has 0 radical (unpaired) electrons. The van der Waals surface area contributed by atoms with Crippen molar-refractivity contribution in [2.24, 2.45) is 0 Å². The van der Waals surface area contributed by atoms with Crippen LogP contribution < -0.4 is 20.1 Å². The molecule has 5 nitrogen and oxygen atoms in total. The van der Waals surface area contributed by atoms with Gasteiger partial charge in [0.25, 0.3) is 0 Å². The van der Waals surface area contributed by atoms with Gasteiger partial charge >= 0.3 is 0 Å². The molecule has 0 saturated carbocycles. The van der Waals surface area contributed by atoms with Crippen molar-refractivity contribution in [1.29, 1.82) is 0 Å². The summed E-state index contributed by atoms with van der Waals surface area (Å²) in [7, 11) is 0. The molecule has 6 heteroatoms. The number of halogens is 1. The van der Waals surface area contributed by atoms with Gasteiger partial charge in [-0.15, -0.1) is 0 Å². The summed E-state index contributed by atoms with van der Waals surface area (Å²) in [4.78, 5) is 12.0. The van der Waals surface area contributed by atoms with Crippen LogP contribution in [0.15, 0.2) is 36.4 Å². The number of carbonyl (C=O) groups is 1. The van der Waals surface area contributed by atoms with Crippen LogP contribution in [-0.4, -0.2) is 19.2 Å². The number of amides is 1. The summed E-state index contributed by atoms with van der Waals surface area (Å²) in [5.74, 6) is 1.24. The van der Waals surface area contributed by atoms with Crippen molar-refractivity contribution >= 4 is 28.9 Å². The zero-order valence-corrected chi connectivity index (χ0v) is 12.7. The normalized spacial score (nSPS) is 12.1. The van der Waals surface area contributed by atoms with E-state index in [2.05, 4.69) is 10.6 Å². The minimum Gasteiger partial charge on any atom is -0.454 e. The molecule has 0 atom stereocenters. The first-order valence-corrected chi connectivity index (χ1v) is 7.19. The SMILES string of the molecule is Cc1ccc(Cl)cc1NC(=O)CNc1ccc2c(c1)OCO2. The van der Waals surface area contributed by atoms with Crippen molar-refractivity contribution in [1.82, 2.24) is 0 Å². The second kappa shape index (κ2) is 6.15. The third kappa shape index (κ3) is 3.26. The van der Waals surface area contributed by atoms with E-state index in [1.54, 1.807) is 18.2 Å². The van der Waals surface area contributed by atoms with Gasteiger partial charge in [0.05, 0.1) is 6.54 Å². The van der Waals surface area contributed by atoms with Crippen molar-refractivity contribution in [3.05, 3.63) is 47.0 Å². The smallest absolute Gasteiger partial charge is 0.243 e. The maximum atomic E-state index is 12.0. The largest absolute Gasteiger partial charge is 0.454 e. The topological polar surface area (TPSA) is 59.6 Å². The second-order valence-electron chi connectivity index (χ2n) is 4.93. The van der Waals surface area contributed by atoms with Gasteiger partial charge in [-0.2, -0.15) is 0 Å². The zero-order chi connectivity index (χ0) is 15.5. The van der Waals surface area contributed by atoms with Crippen LogP contribution in [0.5, 0.6) is 11.5 Å². The highest BCUT2D eigenvalue weighted by Gasteiger charge is 2.13. The van der Waals surface area contributed by atoms with Crippen molar-refractivity contribution in [3.63, 3.8) is 0 Å². The van der Waals surface area contributed by atoms with Crippen LogP contribution in [0.2, 0.25) is 5.02 Å². The van der Waals surface area contributed by atoms with E-state index < -0.39 is 0 Å². The van der Waals surface area contributed by atoms with Crippen molar-refractivity contribution in [2.45, 2.75) is 6.92 Å². The number of ether oxygens (including phenoxy) is 2. The van der Waals surface area contributed by atoms with E-state index in [9.17, 15) is 4.79 Å². The lowest BCUT2D eigenvalue weighted by atomic mass is 10.2. The van der Waals surface area contributed by atoms with Crippen molar-refractivity contribution in [3.8, 4) is 11.5 Å². The molecule has 2 aromatic rings. The van der Waals surface area contributed by atoms with Gasteiger partial charge in [-0.05, 0) is 36.8 Å². The molecule has 0 aliphatic carbocycles. The summed E-state index contributed by atoms with van der Waals surface area (Å²) < 4.78 is 10.5. The summed E-state index contributed by atoms with van der Waals surface area (Å²) in [6, 6.07) is 10.8. The van der Waals surface area contributed by atoms with E-state index in [4.69, 9.17) is 21.1 Å². The maximum Gasteiger partial charge on any atom is 0.243 e. The molecule has 0 spiro atoms. The molecule has 2 N–H and O–H groups in total. The first kappa shape index (κ1) is 14.5. The molecular formula is C16H15ClN2O3. The van der Waals surface area contributed by atoms with E-state index >= 15 is 0 Å². The summed E-state index contributed by atoms with van der Waals surface area (Å²) in [5, 5.41) is 6.47. The molecule has 22 heavy (non-hydrogen) atoms. The lowest BCUT2D eigenvalue weighted by Crippen LogP contribution is -2.22. The van der Waals surface area contributed by atoms with Crippen LogP contribution in [0.4, 0.5) is 11.4 Å². The Bertz CT molecular complexity index is 719. The van der Waals surface area contributed by atoms with Crippen LogP contribution in [-0.2, 0) is 4.79 Å². The van der Waals surface area contributed by atoms with Crippen molar-refractivity contribution < 1.29 is 14.3 Å². The predicted molar refractivity (Wildman–Crippen MR) is 85.9 cm³/mol. The van der Waals surface area contributed by atoms with E-state index in [0.717, 1.165) is 11.3 Å². The molecule has 0 unspecified atom stereocenters. The number of anilines is 2. The Labute approximate surface area is 133 Å². The van der Waals surface area contributed by atoms with Crippen LogP contribution in [0.3, 0.4) is 0 Å². The molecule has 0 fully saturated rings. The van der Waals surface area contributed by atoms with Gasteiger partial charge in [0.1, 0.15) is 0 Å². The Morgan fingerprint density at radius 1 is 1.18 bits per heavy atom. The maximum absolute atomic E-state index is 12.0. The standard InChI is InChI=1S/C16H15ClN2O3/c1-10-2-3-11(17)6-13(10)19-16(20)8-18-12-4-5-14-15(7-12)22-9-21-14/h2-7,18H,8-9H2,1H3,(H,19,20). The van der Waals surface area contributed by atoms with Gasteiger partial charge < -0.3 is 20.1 Å². The highest BCUT2D eigenvalue weighted by Crippen LogP contribution is 2.34. The molecule has 2 aromatic carbocycles. The van der Waals surface area contributed by atoms with Gasteiger partial charge in [0.2, 0.25) is 12.7 Å². The number of hydrogen-bond acceptors (Lipinski definition) is 4. The second-order valence-corrected chi connectivity index (χ2v) is 5.37. The Balaban J connectivity index is 1.59. The van der Waals surface area contributed by atoms with Crippen LogP contribution in [0, 0.1) is 6.92 Å². The van der Waals surface area contributed by atoms with Gasteiger partial charge in [0.15, 0.2) is 11.5 Å². The van der Waals surface area contributed by atoms with E-state index in [1.807, 2.05) is 25.1 Å². The molecule has 114 valence electrons. The molecule has 1 aliphatic heterocycles. The predicted octanol–water partition coefficient (Wildman–Crippen LogP) is 3.43. The number of aryl methyl sites for hydroxylation is 1. The Kier molecular flexibility index (Phi) is 4.06. The molecule has 1 aliphatic rings. The fourth-order valence-corrected chi connectivity index (χ4v) is 2.28. The van der Waals surface area contributed by atoms with E-state index in [0.29, 0.717) is 22.2 Å². The van der Waals surface area contributed by atoms with Crippen LogP contribution in [0.25, 0.3) is 0 Å². The molecule has 0 bridgehead atoms. The highest BCUT2D eigenvalue weighted by atomic mass is 35.5. The van der Waals surface area contributed by atoms with Gasteiger partial charge in [-0.3, -0.25) is 4.79 Å². The zero-order valence-electron chi connectivity index (χ0n) is 12.0. The Morgan fingerprint density at radius 3 is 2.86 bits per heavy atom. The van der Waals surface area contributed by atoms with Gasteiger partial charge in [-0.1, -0.05) is 17.7 Å². The fraction of sp³-hybridized carbons (Fsp3) is 0.188. The van der Waals surface area contributed by atoms with E-state index in [-0.39, 0.29) is 19.2 Å². The Hall–Kier alpha value is -2.40. The van der Waals surface area contributed by atoms with Crippen LogP contribution >= 0.6 is 11.6 Å². The summed E-state index contributed by atoms with van der Waals surface area (Å²) >= 11 is 5.93. The summed E-state index contributed by atoms with van der Waals surface area (Å²) in [5.41, 5.74) is 2.47. The first-order valence-electron chi connectivity index (χ1n) is 6.81. The first-order chi connectivity index (χ1) is 10.6. The highest BCUT2D eigenvalue weighted by molar-refractivity contribution is 6.31. The quantitative estimate of drug-likeness (QED) is 0.906. The number of rotatable bonds is 4. The number of nitrogens with one attached hydrogen (secondary N) is 2. The molecule has 1 amide bonds. The van der Waals surface area contributed by atoms with Crippen LogP contribution in [0.1, 0.15) is 5.56 Å². The molecule has 3 rings (SSSR count). The third-order valence-electron chi connectivity index (χ3n) is 3.30. The average Bonchev–Trinajstić information content (AvgIpc) is 2.96. The molecular weight excluding hydrogens is 304 g/mol. The lowest BCUT2D eigenvalue weighted by molar-refractivity contribution is -0.114. The van der Waals surface area contributed by atoms with E-state index in [1.165, 1.54) is 0 Å². The number of fused-ring (bicyclic) bond motifs is 1.